The molecule has 9 nitrogen and oxygen atoms in total. The smallest absolute Gasteiger partial charge is 0.262 e. The number of amides is 1. The normalized spacial score (nSPS) is 13.3. The van der Waals surface area contributed by atoms with Gasteiger partial charge in [0, 0.05) is 6.54 Å². The molecule has 3 heterocycles. The third-order valence-electron chi connectivity index (χ3n) is 4.98. The van der Waals surface area contributed by atoms with Gasteiger partial charge in [-0.2, -0.15) is 5.10 Å². The number of aromatic nitrogens is 4. The number of rotatable bonds is 6. The summed E-state index contributed by atoms with van der Waals surface area (Å²) in [6.45, 7) is 2.32. The second-order valence-corrected chi connectivity index (χ2v) is 8.50. The van der Waals surface area contributed by atoms with E-state index in [0.717, 1.165) is 11.3 Å². The highest BCUT2D eigenvalue weighted by atomic mass is 32.2. The summed E-state index contributed by atoms with van der Waals surface area (Å²) in [6, 6.07) is 15.0. The van der Waals surface area contributed by atoms with Gasteiger partial charge in [0.05, 0.1) is 17.1 Å². The lowest BCUT2D eigenvalue weighted by atomic mass is 10.2. The molecule has 162 valence electrons. The highest BCUT2D eigenvalue weighted by Gasteiger charge is 2.19. The first-order valence-electron chi connectivity index (χ1n) is 9.95. The van der Waals surface area contributed by atoms with E-state index in [1.807, 2.05) is 48.5 Å². The van der Waals surface area contributed by atoms with Crippen molar-refractivity contribution < 1.29 is 14.3 Å². The molecule has 2 aromatic carbocycles. The minimum atomic E-state index is -0.474. The Labute approximate surface area is 186 Å². The first kappa shape index (κ1) is 20.1. The maximum Gasteiger partial charge on any atom is 0.262 e. The van der Waals surface area contributed by atoms with E-state index in [-0.39, 0.29) is 18.3 Å². The van der Waals surface area contributed by atoms with Crippen molar-refractivity contribution in [3.8, 4) is 17.2 Å². The Hall–Kier alpha value is -3.79. The van der Waals surface area contributed by atoms with Crippen LogP contribution in [0.5, 0.6) is 11.5 Å². The van der Waals surface area contributed by atoms with Crippen LogP contribution in [0.1, 0.15) is 12.5 Å². The molecule has 0 aliphatic carbocycles. The zero-order valence-electron chi connectivity index (χ0n) is 17.1. The minimum Gasteiger partial charge on any atom is -0.454 e. The fraction of sp³-hybridized carbons (Fsp3) is 0.182. The van der Waals surface area contributed by atoms with Crippen molar-refractivity contribution in [2.45, 2.75) is 23.9 Å². The van der Waals surface area contributed by atoms with E-state index in [0.29, 0.717) is 34.2 Å². The van der Waals surface area contributed by atoms with Gasteiger partial charge in [-0.25, -0.2) is 9.67 Å². The highest BCUT2D eigenvalue weighted by molar-refractivity contribution is 8.00. The number of carbonyl (C=O) groups is 1. The lowest BCUT2D eigenvalue weighted by molar-refractivity contribution is -0.120. The first-order chi connectivity index (χ1) is 15.6. The highest BCUT2D eigenvalue weighted by Crippen LogP contribution is 2.32. The van der Waals surface area contributed by atoms with Gasteiger partial charge in [-0.05, 0) is 36.8 Å². The summed E-state index contributed by atoms with van der Waals surface area (Å²) in [5, 5.41) is 7.46. The van der Waals surface area contributed by atoms with Crippen molar-refractivity contribution in [3.63, 3.8) is 0 Å². The molecule has 1 amide bonds. The van der Waals surface area contributed by atoms with Crippen LogP contribution in [0, 0.1) is 0 Å². The van der Waals surface area contributed by atoms with E-state index in [4.69, 9.17) is 9.47 Å². The number of thioether (sulfide) groups is 1. The Kier molecular flexibility index (Phi) is 5.28. The van der Waals surface area contributed by atoms with Crippen molar-refractivity contribution in [1.29, 1.82) is 0 Å². The zero-order chi connectivity index (χ0) is 22.1. The maximum atomic E-state index is 12.6. The molecule has 0 spiro atoms. The molecular weight excluding hydrogens is 430 g/mol. The minimum absolute atomic E-state index is 0.174. The van der Waals surface area contributed by atoms with Crippen LogP contribution in [-0.4, -0.2) is 37.7 Å². The standard InChI is InChI=1S/C22H19N5O4S/c1-13(20(28)23-10-14-7-8-17-18(9-14)31-12-30-17)32-22-25-19-16(21(29)26-22)11-24-27(19)15-5-3-2-4-6-15/h2-9,11,13H,10,12H2,1H3,(H,23,28)(H,25,26,29)/t13-/m0/s1. The van der Waals surface area contributed by atoms with Crippen LogP contribution in [0.15, 0.2) is 64.7 Å². The molecule has 1 aliphatic heterocycles. The molecular formula is C22H19N5O4S. The molecule has 4 aromatic rings. The average Bonchev–Trinajstić information content (AvgIpc) is 3.45. The van der Waals surface area contributed by atoms with E-state index in [1.165, 1.54) is 18.0 Å². The van der Waals surface area contributed by atoms with E-state index in [1.54, 1.807) is 11.6 Å². The fourth-order valence-corrected chi connectivity index (χ4v) is 4.13. The number of fused-ring (bicyclic) bond motifs is 2. The summed E-state index contributed by atoms with van der Waals surface area (Å²) < 4.78 is 12.3. The van der Waals surface area contributed by atoms with Crippen LogP contribution >= 0.6 is 11.8 Å². The van der Waals surface area contributed by atoms with Crippen LogP contribution in [-0.2, 0) is 11.3 Å². The molecule has 5 rings (SSSR count). The zero-order valence-corrected chi connectivity index (χ0v) is 17.9. The van der Waals surface area contributed by atoms with Crippen LogP contribution < -0.4 is 20.3 Å². The van der Waals surface area contributed by atoms with Gasteiger partial charge in [-0.15, -0.1) is 0 Å². The summed E-state index contributed by atoms with van der Waals surface area (Å²) >= 11 is 1.18. The van der Waals surface area contributed by atoms with Gasteiger partial charge in [-0.1, -0.05) is 36.0 Å². The Balaban J connectivity index is 1.30. The molecule has 0 radical (unpaired) electrons. The number of ether oxygens (including phenoxy) is 2. The van der Waals surface area contributed by atoms with E-state index in [9.17, 15) is 9.59 Å². The van der Waals surface area contributed by atoms with Crippen LogP contribution in [0.4, 0.5) is 0 Å². The van der Waals surface area contributed by atoms with Gasteiger partial charge < -0.3 is 19.8 Å². The molecule has 0 saturated carbocycles. The number of para-hydroxylation sites is 1. The molecule has 0 fully saturated rings. The second kappa shape index (κ2) is 8.39. The molecule has 1 aliphatic rings. The average molecular weight is 449 g/mol. The number of aromatic amines is 1. The van der Waals surface area contributed by atoms with Gasteiger partial charge >= 0.3 is 0 Å². The fourth-order valence-electron chi connectivity index (χ4n) is 3.32. The Morgan fingerprint density at radius 2 is 2.03 bits per heavy atom. The summed E-state index contributed by atoms with van der Waals surface area (Å²) in [5.41, 5.74) is 1.84. The number of carbonyl (C=O) groups excluding carboxylic acids is 1. The van der Waals surface area contributed by atoms with Gasteiger partial charge in [0.15, 0.2) is 22.3 Å². The molecule has 0 bridgehead atoms. The number of nitrogens with one attached hydrogen (secondary N) is 2. The lowest BCUT2D eigenvalue weighted by Crippen LogP contribution is -2.30. The predicted molar refractivity (Wildman–Crippen MR) is 119 cm³/mol. The summed E-state index contributed by atoms with van der Waals surface area (Å²) in [5.74, 6) is 1.19. The lowest BCUT2D eigenvalue weighted by Gasteiger charge is -2.12. The number of H-pyrrole nitrogens is 1. The van der Waals surface area contributed by atoms with Crippen molar-refractivity contribution in [3.05, 3.63) is 70.6 Å². The Morgan fingerprint density at radius 3 is 2.88 bits per heavy atom. The maximum absolute atomic E-state index is 12.6. The number of hydrogen-bond acceptors (Lipinski definition) is 7. The third-order valence-corrected chi connectivity index (χ3v) is 5.96. The van der Waals surface area contributed by atoms with E-state index < -0.39 is 5.25 Å². The second-order valence-electron chi connectivity index (χ2n) is 7.17. The van der Waals surface area contributed by atoms with Gasteiger partial charge in [0.2, 0.25) is 12.7 Å². The van der Waals surface area contributed by atoms with Crippen LogP contribution in [0.2, 0.25) is 0 Å². The van der Waals surface area contributed by atoms with Crippen molar-refractivity contribution in [2.75, 3.05) is 6.79 Å². The monoisotopic (exact) mass is 449 g/mol. The topological polar surface area (TPSA) is 111 Å². The summed E-state index contributed by atoms with van der Waals surface area (Å²) in [7, 11) is 0. The third kappa shape index (κ3) is 3.92. The SMILES string of the molecule is C[C@H](Sc1nc2c(cnn2-c2ccccc2)c(=O)[nH]1)C(=O)NCc1ccc2c(c1)OCO2. The van der Waals surface area contributed by atoms with Gasteiger partial charge in [-0.3, -0.25) is 9.59 Å². The number of benzene rings is 2. The number of hydrogen-bond donors (Lipinski definition) is 2. The Bertz CT molecular complexity index is 1350. The molecule has 2 aromatic heterocycles. The van der Waals surface area contributed by atoms with Gasteiger partial charge in [0.1, 0.15) is 5.39 Å². The van der Waals surface area contributed by atoms with Gasteiger partial charge in [0.25, 0.3) is 5.56 Å². The molecule has 0 saturated heterocycles. The Morgan fingerprint density at radius 1 is 1.22 bits per heavy atom. The predicted octanol–water partition coefficient (Wildman–Crippen LogP) is 2.63. The molecule has 2 N–H and O–H groups in total. The molecule has 1 atom stereocenters. The van der Waals surface area contributed by atoms with E-state index in [2.05, 4.69) is 20.4 Å². The van der Waals surface area contributed by atoms with Crippen LogP contribution in [0.25, 0.3) is 16.7 Å². The van der Waals surface area contributed by atoms with Crippen molar-refractivity contribution in [2.24, 2.45) is 0 Å². The first-order valence-corrected chi connectivity index (χ1v) is 10.8. The largest absolute Gasteiger partial charge is 0.454 e. The van der Waals surface area contributed by atoms with Crippen LogP contribution in [0.3, 0.4) is 0 Å². The van der Waals surface area contributed by atoms with Crippen molar-refractivity contribution in [1.82, 2.24) is 25.1 Å². The summed E-state index contributed by atoms with van der Waals surface area (Å²) in [6.07, 6.45) is 1.49. The molecule has 0 unspecified atom stereocenters. The molecule has 10 heteroatoms. The van der Waals surface area contributed by atoms with Crippen molar-refractivity contribution >= 4 is 28.7 Å². The number of nitrogens with zero attached hydrogens (tertiary/aromatic N) is 3. The molecule has 32 heavy (non-hydrogen) atoms. The summed E-state index contributed by atoms with van der Waals surface area (Å²) in [4.78, 5) is 32.4. The quantitative estimate of drug-likeness (QED) is 0.344. The van der Waals surface area contributed by atoms with E-state index >= 15 is 0 Å².